The van der Waals surface area contributed by atoms with Gasteiger partial charge in [-0.15, -0.1) is 18.8 Å². The molecule has 0 bridgehead atoms. The van der Waals surface area contributed by atoms with Gasteiger partial charge in [-0.25, -0.2) is 9.97 Å². The first-order valence-electron chi connectivity index (χ1n) is 28.6. The molecule has 8 atom stereocenters. The van der Waals surface area contributed by atoms with Gasteiger partial charge in [0.25, 0.3) is 11.8 Å². The zero-order chi connectivity index (χ0) is 59.4. The van der Waals surface area contributed by atoms with Gasteiger partial charge in [0.1, 0.15) is 36.1 Å². The Morgan fingerprint density at radius 2 is 1.13 bits per heavy atom. The summed E-state index contributed by atoms with van der Waals surface area (Å²) in [5, 5.41) is 6.44. The summed E-state index contributed by atoms with van der Waals surface area (Å²) in [6.45, 7) is 15.5. The van der Waals surface area contributed by atoms with Gasteiger partial charge in [-0.3, -0.25) is 24.0 Å². The number of amides is 4. The lowest BCUT2D eigenvalue weighted by Gasteiger charge is -2.37. The highest BCUT2D eigenvalue weighted by molar-refractivity contribution is 7.14. The first kappa shape index (κ1) is 61.2. The summed E-state index contributed by atoms with van der Waals surface area (Å²) in [7, 11) is 7.17. The lowest BCUT2D eigenvalue weighted by Crippen LogP contribution is -2.58. The highest BCUT2D eigenvalue weighted by Gasteiger charge is 2.62. The summed E-state index contributed by atoms with van der Waals surface area (Å²) in [6.07, 6.45) is 13.1. The number of anilines is 2. The van der Waals surface area contributed by atoms with E-state index in [2.05, 4.69) is 66.1 Å². The number of methoxy groups -OCH3 is 2. The van der Waals surface area contributed by atoms with Crippen molar-refractivity contribution < 1.29 is 47.0 Å². The molecular weight excluding hydrogens is 1100 g/mol. The van der Waals surface area contributed by atoms with Crippen LogP contribution in [0.3, 0.4) is 0 Å². The maximum atomic E-state index is 14.9. The molecule has 2 aromatic carbocycles. The Balaban J connectivity index is 0.000000200. The van der Waals surface area contributed by atoms with Crippen LogP contribution in [0.25, 0.3) is 22.5 Å². The van der Waals surface area contributed by atoms with Crippen molar-refractivity contribution in [3.8, 4) is 47.2 Å². The summed E-state index contributed by atoms with van der Waals surface area (Å²) in [5.74, 6) is 2.85. The number of terminal acetylenes is 2. The number of nitrogens with zero attached hydrogens (tertiary/aromatic N) is 8. The van der Waals surface area contributed by atoms with Crippen LogP contribution in [0.2, 0.25) is 0 Å². The van der Waals surface area contributed by atoms with Crippen molar-refractivity contribution in [3.05, 3.63) is 69.9 Å². The minimum atomic E-state index is -1.15. The Kier molecular flexibility index (Phi) is 19.4. The van der Waals surface area contributed by atoms with Crippen LogP contribution in [-0.4, -0.2) is 195 Å². The Labute approximate surface area is 493 Å². The zero-order valence-corrected chi connectivity index (χ0v) is 50.2. The minimum absolute atomic E-state index is 0.00715. The van der Waals surface area contributed by atoms with Crippen molar-refractivity contribution in [2.45, 2.75) is 89.4 Å². The van der Waals surface area contributed by atoms with Crippen molar-refractivity contribution in [2.24, 2.45) is 29.6 Å². The van der Waals surface area contributed by atoms with Gasteiger partial charge in [0.15, 0.2) is 16.0 Å². The molecular formula is C61H76F2N10O8S2. The second kappa shape index (κ2) is 26.3. The normalized spacial score (nSPS) is 24.0. The number of rotatable bonds is 16. The second-order valence-corrected chi connectivity index (χ2v) is 25.2. The van der Waals surface area contributed by atoms with Gasteiger partial charge >= 0.3 is 0 Å². The fourth-order valence-electron chi connectivity index (χ4n) is 12.2. The van der Waals surface area contributed by atoms with Crippen LogP contribution < -0.4 is 20.4 Å². The van der Waals surface area contributed by atoms with Gasteiger partial charge in [0.2, 0.25) is 27.9 Å². The molecule has 444 valence electrons. The first-order valence-corrected chi connectivity index (χ1v) is 30.2. The maximum absolute atomic E-state index is 14.9. The van der Waals surface area contributed by atoms with Gasteiger partial charge in [0, 0.05) is 120 Å². The third kappa shape index (κ3) is 13.1. The van der Waals surface area contributed by atoms with Gasteiger partial charge in [-0.1, -0.05) is 80.6 Å². The van der Waals surface area contributed by atoms with E-state index in [9.17, 15) is 32.8 Å². The van der Waals surface area contributed by atoms with Crippen LogP contribution in [0.1, 0.15) is 74.1 Å². The average Bonchev–Trinajstić information content (AvgIpc) is 2.38. The Morgan fingerprint density at radius 1 is 0.699 bits per heavy atom. The number of Topliss-reactive ketones (excluding diaryl/α,β-unsaturated/α-hetero) is 1. The number of likely N-dealkylation sites (tertiary alicyclic amines) is 2. The third-order valence-electron chi connectivity index (χ3n) is 16.9. The fraction of sp³-hybridized carbons (Fsp3) is 0.557. The molecule has 1 aliphatic carbocycles. The number of halogens is 2. The molecule has 6 fully saturated rings. The number of aromatic nitrogens is 2. The molecule has 1 saturated carbocycles. The number of benzene rings is 2. The number of nitrogens with one attached hydrogen (secondary N) is 2. The minimum Gasteiger partial charge on any atom is -0.369 e. The number of hydrogen-bond donors (Lipinski definition) is 2. The summed E-state index contributed by atoms with van der Waals surface area (Å²) in [4.78, 5) is 88.0. The SMILES string of the molecule is C#C[C@@H]1CN(C(=O)[C@H](CC(C)C)NC(=O)c2ccc(-c3nc(N4CCN(C)CC4)sc3F)cc2)[C@@H]2C(=O)CC[C@H]12.C#C[C@@H]1CN(C(=O)[C@H](CC(C)C)NC(=O)c2ccc(-c3nc(N4CCN(C)CC4)sc3F)cc2)[C@H]2[C@@H]1OCC2(OC)OC. The Hall–Kier alpha value is -6.37. The summed E-state index contributed by atoms with van der Waals surface area (Å²) in [6, 6.07) is 10.6. The van der Waals surface area contributed by atoms with Crippen LogP contribution in [0, 0.1) is 64.5 Å². The first-order chi connectivity index (χ1) is 39.8. The van der Waals surface area contributed by atoms with Crippen molar-refractivity contribution in [3.63, 3.8) is 0 Å². The number of ketones is 1. The van der Waals surface area contributed by atoms with Gasteiger partial charge < -0.3 is 54.2 Å². The number of thiazole rings is 2. The molecule has 18 nitrogen and oxygen atoms in total. The number of carbonyl (C=O) groups is 5. The standard InChI is InChI=1S/C31H40FN5O5S.C30H36FN5O3S/c1-7-20-17-37(26-25(20)42-18-31(26,40-5)41-6)29(39)23(16-19(2)3)33-28(38)22-10-8-21(9-11-22)24-27(32)43-30(34-24)36-14-12-35(4)13-15-36;1-5-19-17-36(26-22(19)10-11-24(26)37)29(39)23(16-18(2)3)32-28(38)21-8-6-20(7-9-21)25-27(31)40-30(33-25)35-14-12-34(4)13-15-35/h1,8-11,19-20,23,25-26H,12-18H2,2-6H3,(H,33,38);1,6-9,18-19,22-23,26H,10-17H2,2-4H3,(H,32,38)/t20-,23+,25-,26+;19-,22-,23+,26+/m11/s1. The average molecular weight is 1180 g/mol. The van der Waals surface area contributed by atoms with Gasteiger partial charge in [-0.2, -0.15) is 8.78 Å². The molecule has 4 aromatic rings. The quantitative estimate of drug-likeness (QED) is 0.0988. The predicted octanol–water partition coefficient (Wildman–Crippen LogP) is 5.98. The predicted molar refractivity (Wildman–Crippen MR) is 316 cm³/mol. The van der Waals surface area contributed by atoms with E-state index >= 15 is 0 Å². The number of likely N-dealkylation sites (N-methyl/N-ethyl adjacent to an activating group) is 2. The lowest BCUT2D eigenvalue weighted by molar-refractivity contribution is -0.227. The molecule has 22 heteroatoms. The zero-order valence-electron chi connectivity index (χ0n) is 48.6. The summed E-state index contributed by atoms with van der Waals surface area (Å²) < 4.78 is 47.2. The van der Waals surface area contributed by atoms with E-state index in [1.165, 1.54) is 14.2 Å². The van der Waals surface area contributed by atoms with Crippen LogP contribution in [0.4, 0.5) is 19.0 Å². The highest BCUT2D eigenvalue weighted by atomic mass is 32.1. The lowest BCUT2D eigenvalue weighted by atomic mass is 9.93. The third-order valence-corrected chi connectivity index (χ3v) is 18.7. The molecule has 6 aliphatic rings. The van der Waals surface area contributed by atoms with Crippen molar-refractivity contribution in [1.29, 1.82) is 0 Å². The number of hydrogen-bond acceptors (Lipinski definition) is 16. The largest absolute Gasteiger partial charge is 0.369 e. The molecule has 83 heavy (non-hydrogen) atoms. The van der Waals surface area contributed by atoms with Gasteiger partial charge in [-0.05, 0) is 69.5 Å². The molecule has 2 N–H and O–H groups in total. The number of fused-ring (bicyclic) bond motifs is 2. The smallest absolute Gasteiger partial charge is 0.251 e. The maximum Gasteiger partial charge on any atom is 0.251 e. The van der Waals surface area contributed by atoms with E-state index in [-0.39, 0.29) is 82.0 Å². The highest BCUT2D eigenvalue weighted by Crippen LogP contribution is 2.43. The van der Waals surface area contributed by atoms with Crippen molar-refractivity contribution in [2.75, 3.05) is 110 Å². The van der Waals surface area contributed by atoms with E-state index in [1.54, 1.807) is 58.3 Å². The molecule has 10 rings (SSSR count). The van der Waals surface area contributed by atoms with Crippen LogP contribution in [-0.2, 0) is 28.6 Å². The second-order valence-electron chi connectivity index (χ2n) is 23.4. The Bertz CT molecular complexity index is 3070. The molecule has 5 saturated heterocycles. The summed E-state index contributed by atoms with van der Waals surface area (Å²) in [5.41, 5.74) is 2.42. The van der Waals surface area contributed by atoms with E-state index in [4.69, 9.17) is 27.1 Å². The number of piperazine rings is 2. The molecule has 2 aromatic heterocycles. The van der Waals surface area contributed by atoms with E-state index in [0.717, 1.165) is 75.0 Å². The van der Waals surface area contributed by atoms with Crippen molar-refractivity contribution in [1.82, 2.24) is 40.2 Å². The topological polar surface area (TPSA) is 182 Å². The molecule has 5 aliphatic heterocycles. The van der Waals surface area contributed by atoms with Crippen LogP contribution in [0.5, 0.6) is 0 Å². The summed E-state index contributed by atoms with van der Waals surface area (Å²) >= 11 is 2.07. The molecule has 4 amide bonds. The molecule has 0 unspecified atom stereocenters. The van der Waals surface area contributed by atoms with Gasteiger partial charge in [0.05, 0.1) is 18.1 Å². The fourth-order valence-corrected chi connectivity index (χ4v) is 14.0. The number of ether oxygens (including phenoxy) is 3. The van der Waals surface area contributed by atoms with Crippen LogP contribution >= 0.6 is 22.7 Å². The molecule has 0 spiro atoms. The van der Waals surface area contributed by atoms with Crippen LogP contribution in [0.15, 0.2) is 48.5 Å². The van der Waals surface area contributed by atoms with E-state index in [1.807, 2.05) is 27.7 Å². The van der Waals surface area contributed by atoms with E-state index < -0.39 is 47.9 Å². The molecule has 0 radical (unpaired) electrons. The monoisotopic (exact) mass is 1180 g/mol. The Morgan fingerprint density at radius 3 is 1.55 bits per heavy atom. The molecule has 7 heterocycles. The van der Waals surface area contributed by atoms with Crippen molar-refractivity contribution >= 4 is 62.3 Å². The van der Waals surface area contributed by atoms with E-state index in [0.29, 0.717) is 64.7 Å². The number of carbonyl (C=O) groups excluding carboxylic acids is 5.